The maximum atomic E-state index is 12.4. The number of likely N-dealkylation sites (tertiary alicyclic amines) is 1. The molecule has 0 saturated carbocycles. The summed E-state index contributed by atoms with van der Waals surface area (Å²) in [5, 5.41) is 9.43. The lowest BCUT2D eigenvalue weighted by Gasteiger charge is -2.35. The van der Waals surface area contributed by atoms with Gasteiger partial charge in [0.05, 0.1) is 0 Å². The summed E-state index contributed by atoms with van der Waals surface area (Å²) in [5.74, 6) is 1.15. The topological polar surface area (TPSA) is 57.6 Å². The Balaban J connectivity index is 2.18. The molecule has 0 aliphatic carbocycles. The van der Waals surface area contributed by atoms with E-state index in [1.807, 2.05) is 6.92 Å². The number of carbonyl (C=O) groups is 2. The second-order valence-corrected chi connectivity index (χ2v) is 5.99. The second kappa shape index (κ2) is 4.88. The van der Waals surface area contributed by atoms with Crippen molar-refractivity contribution in [3.05, 3.63) is 0 Å². The zero-order chi connectivity index (χ0) is 12.5. The number of hydrogen-bond donors (Lipinski definition) is 1. The van der Waals surface area contributed by atoms with Crippen molar-refractivity contribution in [2.24, 2.45) is 5.92 Å². The predicted octanol–water partition coefficient (Wildman–Crippen LogP) is 1.60. The van der Waals surface area contributed by atoms with Crippen molar-refractivity contribution in [3.8, 4) is 0 Å². The zero-order valence-corrected chi connectivity index (χ0v) is 11.0. The number of aliphatic carboxylic acids is 1. The summed E-state index contributed by atoms with van der Waals surface area (Å²) in [4.78, 5) is 25.5. The van der Waals surface area contributed by atoms with Gasteiger partial charge in [-0.1, -0.05) is 6.92 Å². The van der Waals surface area contributed by atoms with Crippen LogP contribution in [0.5, 0.6) is 0 Å². The molecule has 0 spiro atoms. The van der Waals surface area contributed by atoms with Gasteiger partial charge in [-0.3, -0.25) is 4.79 Å². The Hall–Kier alpha value is -0.710. The summed E-state index contributed by atoms with van der Waals surface area (Å²) in [6.07, 6.45) is 2.82. The highest BCUT2D eigenvalue weighted by molar-refractivity contribution is 7.99. The molecule has 17 heavy (non-hydrogen) atoms. The summed E-state index contributed by atoms with van der Waals surface area (Å²) < 4.78 is 0. The van der Waals surface area contributed by atoms with Gasteiger partial charge in [0.1, 0.15) is 5.54 Å². The molecule has 2 aliphatic rings. The van der Waals surface area contributed by atoms with E-state index in [1.165, 1.54) is 0 Å². The smallest absolute Gasteiger partial charge is 0.329 e. The van der Waals surface area contributed by atoms with Crippen LogP contribution in [0.3, 0.4) is 0 Å². The highest BCUT2D eigenvalue weighted by Crippen LogP contribution is 2.36. The summed E-state index contributed by atoms with van der Waals surface area (Å²) >= 11 is 1.79. The highest BCUT2D eigenvalue weighted by Gasteiger charge is 2.49. The maximum absolute atomic E-state index is 12.4. The van der Waals surface area contributed by atoms with Crippen molar-refractivity contribution in [1.29, 1.82) is 0 Å². The van der Waals surface area contributed by atoms with E-state index in [-0.39, 0.29) is 11.8 Å². The summed E-state index contributed by atoms with van der Waals surface area (Å²) in [6.45, 7) is 2.48. The lowest BCUT2D eigenvalue weighted by atomic mass is 9.92. The maximum Gasteiger partial charge on any atom is 0.329 e. The summed E-state index contributed by atoms with van der Waals surface area (Å²) in [7, 11) is 0. The van der Waals surface area contributed by atoms with Crippen LogP contribution in [0.1, 0.15) is 32.6 Å². The van der Waals surface area contributed by atoms with Crippen LogP contribution < -0.4 is 0 Å². The van der Waals surface area contributed by atoms with Crippen LogP contribution in [0.15, 0.2) is 0 Å². The largest absolute Gasteiger partial charge is 0.479 e. The van der Waals surface area contributed by atoms with Crippen molar-refractivity contribution < 1.29 is 14.7 Å². The van der Waals surface area contributed by atoms with Crippen LogP contribution in [0, 0.1) is 5.92 Å². The van der Waals surface area contributed by atoms with Crippen LogP contribution >= 0.6 is 11.8 Å². The molecule has 0 radical (unpaired) electrons. The Kier molecular flexibility index (Phi) is 3.66. The van der Waals surface area contributed by atoms with Crippen molar-refractivity contribution >= 4 is 23.6 Å². The fraction of sp³-hybridized carbons (Fsp3) is 0.833. The monoisotopic (exact) mass is 257 g/mol. The van der Waals surface area contributed by atoms with Crippen molar-refractivity contribution in [3.63, 3.8) is 0 Å². The standard InChI is InChI=1S/C12H19NO3S/c1-2-12(11(15)16)5-3-6-13(12)10(14)9-4-7-17-8-9/h9H,2-8H2,1H3,(H,15,16). The van der Waals surface area contributed by atoms with Gasteiger partial charge in [-0.2, -0.15) is 11.8 Å². The second-order valence-electron chi connectivity index (χ2n) is 4.84. The Morgan fingerprint density at radius 2 is 2.29 bits per heavy atom. The number of rotatable bonds is 3. The number of amides is 1. The Bertz CT molecular complexity index is 328. The quantitative estimate of drug-likeness (QED) is 0.834. The Labute approximate surface area is 106 Å². The third-order valence-corrected chi connectivity index (χ3v) is 5.18. The molecular formula is C12H19NO3S. The molecular weight excluding hydrogens is 238 g/mol. The van der Waals surface area contributed by atoms with Gasteiger partial charge < -0.3 is 10.0 Å². The van der Waals surface area contributed by atoms with Crippen LogP contribution in [0.4, 0.5) is 0 Å². The van der Waals surface area contributed by atoms with Gasteiger partial charge >= 0.3 is 5.97 Å². The third-order valence-electron chi connectivity index (χ3n) is 4.02. The van der Waals surface area contributed by atoms with Gasteiger partial charge in [-0.25, -0.2) is 4.79 Å². The van der Waals surface area contributed by atoms with E-state index in [0.717, 1.165) is 24.3 Å². The first-order valence-corrected chi connectivity index (χ1v) is 7.40. The molecule has 0 aromatic rings. The fourth-order valence-corrected chi connectivity index (χ4v) is 4.10. The molecule has 1 amide bonds. The van der Waals surface area contributed by atoms with E-state index in [1.54, 1.807) is 16.7 Å². The van der Waals surface area contributed by atoms with E-state index < -0.39 is 11.5 Å². The normalized spacial score (nSPS) is 33.0. The van der Waals surface area contributed by atoms with Gasteiger partial charge in [-0.05, 0) is 31.4 Å². The first-order chi connectivity index (χ1) is 8.12. The minimum absolute atomic E-state index is 0.0448. The van der Waals surface area contributed by atoms with E-state index in [2.05, 4.69) is 0 Å². The SMILES string of the molecule is CCC1(C(=O)O)CCCN1C(=O)C1CCSC1. The molecule has 2 unspecified atom stereocenters. The van der Waals surface area contributed by atoms with E-state index in [0.29, 0.717) is 19.4 Å². The molecule has 0 aromatic heterocycles. The first kappa shape index (κ1) is 12.7. The zero-order valence-electron chi connectivity index (χ0n) is 10.1. The van der Waals surface area contributed by atoms with E-state index >= 15 is 0 Å². The van der Waals surface area contributed by atoms with Gasteiger partial charge in [-0.15, -0.1) is 0 Å². The molecule has 4 nitrogen and oxygen atoms in total. The molecule has 96 valence electrons. The lowest BCUT2D eigenvalue weighted by Crippen LogP contribution is -2.54. The van der Waals surface area contributed by atoms with Crippen molar-refractivity contribution in [2.75, 3.05) is 18.1 Å². The van der Waals surface area contributed by atoms with Crippen LogP contribution in [0.2, 0.25) is 0 Å². The first-order valence-electron chi connectivity index (χ1n) is 6.24. The van der Waals surface area contributed by atoms with E-state index in [4.69, 9.17) is 0 Å². The van der Waals surface area contributed by atoms with Gasteiger partial charge in [0.15, 0.2) is 0 Å². The number of carboxylic acid groups (broad SMARTS) is 1. The molecule has 2 saturated heterocycles. The molecule has 0 aromatic carbocycles. The minimum atomic E-state index is -0.926. The van der Waals surface area contributed by atoms with Crippen LogP contribution in [-0.4, -0.2) is 45.5 Å². The molecule has 2 heterocycles. The number of carboxylic acids is 1. The molecule has 1 N–H and O–H groups in total. The number of hydrogen-bond acceptors (Lipinski definition) is 3. The van der Waals surface area contributed by atoms with Crippen LogP contribution in [0.25, 0.3) is 0 Å². The minimum Gasteiger partial charge on any atom is -0.479 e. The number of nitrogens with zero attached hydrogens (tertiary/aromatic N) is 1. The highest BCUT2D eigenvalue weighted by atomic mass is 32.2. The third kappa shape index (κ3) is 2.05. The molecule has 5 heteroatoms. The summed E-state index contributed by atoms with van der Waals surface area (Å²) in [5.41, 5.74) is -0.926. The van der Waals surface area contributed by atoms with Gasteiger partial charge in [0.25, 0.3) is 0 Å². The van der Waals surface area contributed by atoms with Crippen LogP contribution in [-0.2, 0) is 9.59 Å². The molecule has 2 aliphatic heterocycles. The summed E-state index contributed by atoms with van der Waals surface area (Å²) in [6, 6.07) is 0. The molecule has 2 fully saturated rings. The Morgan fingerprint density at radius 3 is 2.82 bits per heavy atom. The molecule has 2 rings (SSSR count). The van der Waals surface area contributed by atoms with Gasteiger partial charge in [0.2, 0.25) is 5.91 Å². The van der Waals surface area contributed by atoms with E-state index in [9.17, 15) is 14.7 Å². The average molecular weight is 257 g/mol. The molecule has 0 bridgehead atoms. The number of thioether (sulfide) groups is 1. The lowest BCUT2D eigenvalue weighted by molar-refractivity contribution is -0.158. The fourth-order valence-electron chi connectivity index (χ4n) is 2.89. The predicted molar refractivity (Wildman–Crippen MR) is 67.0 cm³/mol. The average Bonchev–Trinajstić information content (AvgIpc) is 2.97. The van der Waals surface area contributed by atoms with Crippen molar-refractivity contribution in [2.45, 2.75) is 38.1 Å². The van der Waals surface area contributed by atoms with Gasteiger partial charge in [0, 0.05) is 18.2 Å². The van der Waals surface area contributed by atoms with Crippen molar-refractivity contribution in [1.82, 2.24) is 4.90 Å². The number of carbonyl (C=O) groups excluding carboxylic acids is 1. The Morgan fingerprint density at radius 1 is 1.53 bits per heavy atom. The molecule has 2 atom stereocenters.